The molecule has 0 fully saturated rings. The summed E-state index contributed by atoms with van der Waals surface area (Å²) < 4.78 is 5.20. The number of rotatable bonds is 15. The van der Waals surface area contributed by atoms with Crippen molar-refractivity contribution in [2.24, 2.45) is 0 Å². The van der Waals surface area contributed by atoms with Crippen molar-refractivity contribution < 1.29 is 19.4 Å². The summed E-state index contributed by atoms with van der Waals surface area (Å²) in [6.45, 7) is 4.08. The van der Waals surface area contributed by atoms with Crippen LogP contribution in [-0.4, -0.2) is 23.7 Å². The van der Waals surface area contributed by atoms with Crippen LogP contribution in [0.25, 0.3) is 0 Å². The zero-order valence-electron chi connectivity index (χ0n) is 15.8. The first-order valence-corrected chi connectivity index (χ1v) is 9.77. The van der Waals surface area contributed by atoms with Crippen LogP contribution in [0.4, 0.5) is 0 Å². The summed E-state index contributed by atoms with van der Waals surface area (Å²) in [7, 11) is 0. The van der Waals surface area contributed by atoms with E-state index in [1.165, 1.54) is 57.1 Å². The Morgan fingerprint density at radius 1 is 0.846 bits per heavy atom. The Morgan fingerprint density at radius 2 is 1.35 bits per heavy atom. The summed E-state index contributed by atoms with van der Waals surface area (Å²) in [5.41, 5.74) is 0.107. The number of allylic oxidation sites excluding steroid dienone is 1. The van der Waals surface area contributed by atoms with Gasteiger partial charge in [-0.05, 0) is 31.4 Å². The number of unbranched alkanes of at least 4 members (excludes halogenated alkanes) is 10. The molecule has 1 aromatic rings. The molecule has 0 saturated carbocycles. The summed E-state index contributed by atoms with van der Waals surface area (Å²) in [6.07, 6.45) is 15.1. The van der Waals surface area contributed by atoms with Crippen LogP contribution in [0, 0.1) is 0 Å². The largest absolute Gasteiger partial charge is 0.478 e. The minimum absolute atomic E-state index is 0.0120. The predicted molar refractivity (Wildman–Crippen MR) is 105 cm³/mol. The summed E-state index contributed by atoms with van der Waals surface area (Å²) in [5.74, 6) is -1.67. The van der Waals surface area contributed by atoms with Gasteiger partial charge in [-0.15, -0.1) is 6.58 Å². The Morgan fingerprint density at radius 3 is 1.88 bits per heavy atom. The molecule has 0 radical (unpaired) electrons. The highest BCUT2D eigenvalue weighted by Gasteiger charge is 2.16. The first-order chi connectivity index (χ1) is 12.7. The normalized spacial score (nSPS) is 10.5. The maximum Gasteiger partial charge on any atom is 0.339 e. The SMILES string of the molecule is C=CCCCCCCCCCCCCOC(=O)c1ccccc1C(=O)O. The molecule has 0 aliphatic carbocycles. The monoisotopic (exact) mass is 360 g/mol. The molecule has 0 spiro atoms. The van der Waals surface area contributed by atoms with Crippen LogP contribution in [0.5, 0.6) is 0 Å². The van der Waals surface area contributed by atoms with Gasteiger partial charge in [0.2, 0.25) is 0 Å². The van der Waals surface area contributed by atoms with Crippen molar-refractivity contribution in [3.63, 3.8) is 0 Å². The first kappa shape index (κ1) is 21.9. The molecule has 0 aliphatic heterocycles. The number of carboxylic acid groups (broad SMARTS) is 1. The molecule has 26 heavy (non-hydrogen) atoms. The quantitative estimate of drug-likeness (QED) is 0.236. The minimum Gasteiger partial charge on any atom is -0.478 e. The van der Waals surface area contributed by atoms with E-state index in [1.54, 1.807) is 12.1 Å². The van der Waals surface area contributed by atoms with Crippen LogP contribution < -0.4 is 0 Å². The number of carbonyl (C=O) groups excluding carboxylic acids is 1. The maximum absolute atomic E-state index is 12.0. The second kappa shape index (κ2) is 14.1. The first-order valence-electron chi connectivity index (χ1n) is 9.77. The van der Waals surface area contributed by atoms with Crippen molar-refractivity contribution in [2.75, 3.05) is 6.61 Å². The third-order valence-corrected chi connectivity index (χ3v) is 4.41. The van der Waals surface area contributed by atoms with Gasteiger partial charge in [0.15, 0.2) is 0 Å². The van der Waals surface area contributed by atoms with E-state index in [0.717, 1.165) is 25.7 Å². The van der Waals surface area contributed by atoms with Gasteiger partial charge in [0.05, 0.1) is 17.7 Å². The van der Waals surface area contributed by atoms with Gasteiger partial charge in [-0.25, -0.2) is 9.59 Å². The highest BCUT2D eigenvalue weighted by atomic mass is 16.5. The minimum atomic E-state index is -1.11. The molecule has 1 rings (SSSR count). The van der Waals surface area contributed by atoms with Gasteiger partial charge in [0, 0.05) is 0 Å². The van der Waals surface area contributed by atoms with Gasteiger partial charge < -0.3 is 9.84 Å². The number of carboxylic acids is 1. The van der Waals surface area contributed by atoms with Crippen LogP contribution in [0.3, 0.4) is 0 Å². The molecule has 4 nitrogen and oxygen atoms in total. The van der Waals surface area contributed by atoms with Crippen molar-refractivity contribution in [1.29, 1.82) is 0 Å². The van der Waals surface area contributed by atoms with Gasteiger partial charge >= 0.3 is 11.9 Å². The third-order valence-electron chi connectivity index (χ3n) is 4.41. The molecule has 0 aliphatic rings. The molecule has 0 bridgehead atoms. The van der Waals surface area contributed by atoms with Crippen LogP contribution in [-0.2, 0) is 4.74 Å². The predicted octanol–water partition coefficient (Wildman–Crippen LogP) is 6.02. The number of esters is 1. The van der Waals surface area contributed by atoms with Crippen LogP contribution >= 0.6 is 0 Å². The van der Waals surface area contributed by atoms with E-state index >= 15 is 0 Å². The molecule has 0 heterocycles. The lowest BCUT2D eigenvalue weighted by atomic mass is 10.1. The van der Waals surface area contributed by atoms with Crippen molar-refractivity contribution in [1.82, 2.24) is 0 Å². The van der Waals surface area contributed by atoms with Gasteiger partial charge in [-0.3, -0.25) is 0 Å². The lowest BCUT2D eigenvalue weighted by Gasteiger charge is -2.07. The molecule has 0 aromatic heterocycles. The zero-order chi connectivity index (χ0) is 19.0. The van der Waals surface area contributed by atoms with E-state index in [2.05, 4.69) is 6.58 Å². The average molecular weight is 360 g/mol. The average Bonchev–Trinajstić information content (AvgIpc) is 2.65. The van der Waals surface area contributed by atoms with E-state index in [4.69, 9.17) is 9.84 Å². The van der Waals surface area contributed by atoms with Crippen molar-refractivity contribution >= 4 is 11.9 Å². The smallest absolute Gasteiger partial charge is 0.339 e. The Hall–Kier alpha value is -2.10. The van der Waals surface area contributed by atoms with E-state index < -0.39 is 11.9 Å². The second-order valence-corrected chi connectivity index (χ2v) is 6.60. The van der Waals surface area contributed by atoms with E-state index in [9.17, 15) is 9.59 Å². The second-order valence-electron chi connectivity index (χ2n) is 6.60. The molecule has 0 amide bonds. The fraction of sp³-hybridized carbons (Fsp3) is 0.545. The Balaban J connectivity index is 2.02. The van der Waals surface area contributed by atoms with Crippen molar-refractivity contribution in [3.8, 4) is 0 Å². The number of carbonyl (C=O) groups is 2. The summed E-state index contributed by atoms with van der Waals surface area (Å²) in [4.78, 5) is 23.1. The molecular weight excluding hydrogens is 328 g/mol. The maximum atomic E-state index is 12.0. The molecule has 4 heteroatoms. The van der Waals surface area contributed by atoms with Gasteiger partial charge in [-0.1, -0.05) is 69.6 Å². The van der Waals surface area contributed by atoms with Gasteiger partial charge in [0.25, 0.3) is 0 Å². The zero-order valence-corrected chi connectivity index (χ0v) is 15.8. The molecule has 144 valence electrons. The molecule has 0 unspecified atom stereocenters. The molecule has 1 N–H and O–H groups in total. The van der Waals surface area contributed by atoms with Crippen LogP contribution in [0.15, 0.2) is 36.9 Å². The van der Waals surface area contributed by atoms with Gasteiger partial charge in [0.1, 0.15) is 0 Å². The van der Waals surface area contributed by atoms with E-state index in [-0.39, 0.29) is 11.1 Å². The van der Waals surface area contributed by atoms with Crippen molar-refractivity contribution in [3.05, 3.63) is 48.0 Å². The number of hydrogen-bond acceptors (Lipinski definition) is 3. The summed E-state index contributed by atoms with van der Waals surface area (Å²) >= 11 is 0. The molecule has 1 aromatic carbocycles. The number of aromatic carboxylic acids is 1. The fourth-order valence-electron chi connectivity index (χ4n) is 2.90. The fourth-order valence-corrected chi connectivity index (χ4v) is 2.90. The summed E-state index contributed by atoms with van der Waals surface area (Å²) in [5, 5.41) is 9.09. The lowest BCUT2D eigenvalue weighted by Crippen LogP contribution is -2.12. The van der Waals surface area contributed by atoms with Crippen LogP contribution in [0.1, 0.15) is 91.3 Å². The van der Waals surface area contributed by atoms with Crippen molar-refractivity contribution in [2.45, 2.75) is 70.6 Å². The number of hydrogen-bond donors (Lipinski definition) is 1. The van der Waals surface area contributed by atoms with E-state index in [0.29, 0.717) is 6.61 Å². The number of benzene rings is 1. The Bertz CT molecular complexity index is 551. The highest BCUT2D eigenvalue weighted by molar-refractivity contribution is 6.02. The lowest BCUT2D eigenvalue weighted by molar-refractivity contribution is 0.0487. The highest BCUT2D eigenvalue weighted by Crippen LogP contribution is 2.13. The van der Waals surface area contributed by atoms with Gasteiger partial charge in [-0.2, -0.15) is 0 Å². The molecular formula is C22H32O4. The Labute approximate surface area is 157 Å². The molecule has 0 saturated heterocycles. The number of ether oxygens (including phenoxy) is 1. The molecule has 0 atom stereocenters. The topological polar surface area (TPSA) is 63.6 Å². The van der Waals surface area contributed by atoms with E-state index in [1.807, 2.05) is 6.08 Å². The Kier molecular flexibility index (Phi) is 11.9. The third kappa shape index (κ3) is 9.40. The van der Waals surface area contributed by atoms with Crippen LogP contribution in [0.2, 0.25) is 0 Å². The standard InChI is InChI=1S/C22H32O4/c1-2-3-4-5-6-7-8-9-10-11-12-15-18-26-22(25)20-17-14-13-16-19(20)21(23)24/h2,13-14,16-17H,1,3-12,15,18H2,(H,23,24). The summed E-state index contributed by atoms with van der Waals surface area (Å²) in [6, 6.07) is 6.14.